The summed E-state index contributed by atoms with van der Waals surface area (Å²) in [5.41, 5.74) is 6.14. The molecule has 0 radical (unpaired) electrons. The molecule has 2 rings (SSSR count). The monoisotopic (exact) mass is 295 g/mol. The third kappa shape index (κ3) is 3.08. The Morgan fingerprint density at radius 1 is 1.48 bits per heavy atom. The van der Waals surface area contributed by atoms with Crippen molar-refractivity contribution in [2.45, 2.75) is 12.8 Å². The van der Waals surface area contributed by atoms with E-state index in [4.69, 9.17) is 10.5 Å². The van der Waals surface area contributed by atoms with Crippen molar-refractivity contribution in [2.24, 2.45) is 18.2 Å². The van der Waals surface area contributed by atoms with Gasteiger partial charge < -0.3 is 25.1 Å². The normalized spacial score (nSPS) is 17.3. The highest BCUT2D eigenvalue weighted by Gasteiger charge is 2.39. The second-order valence-electron chi connectivity index (χ2n) is 5.27. The number of aromatic nitrogens is 1. The standard InChI is InChI=1S/C14H21N3O4/c1-17-8-10(7-11(17)12(18)20-2)16-13(19)14(9-15)3-5-21-6-4-14/h7-8H,3-6,9,15H2,1-2H3,(H,16,19). The number of nitrogens with zero attached hydrogens (tertiary/aromatic N) is 1. The Labute approximate surface area is 123 Å². The third-order valence-corrected chi connectivity index (χ3v) is 3.98. The molecule has 0 spiro atoms. The summed E-state index contributed by atoms with van der Waals surface area (Å²) in [6.07, 6.45) is 2.88. The van der Waals surface area contributed by atoms with E-state index < -0.39 is 11.4 Å². The molecule has 1 aromatic rings. The topological polar surface area (TPSA) is 95.6 Å². The molecule has 0 saturated carbocycles. The number of esters is 1. The molecule has 1 aliphatic heterocycles. The van der Waals surface area contributed by atoms with Gasteiger partial charge in [0.05, 0.1) is 18.2 Å². The maximum atomic E-state index is 12.5. The van der Waals surface area contributed by atoms with Crippen molar-refractivity contribution in [2.75, 3.05) is 32.2 Å². The zero-order valence-electron chi connectivity index (χ0n) is 12.3. The number of methoxy groups -OCH3 is 1. The van der Waals surface area contributed by atoms with Crippen molar-refractivity contribution in [1.82, 2.24) is 4.57 Å². The summed E-state index contributed by atoms with van der Waals surface area (Å²) in [7, 11) is 3.04. The van der Waals surface area contributed by atoms with Gasteiger partial charge in [0.1, 0.15) is 5.69 Å². The van der Waals surface area contributed by atoms with Crippen LogP contribution >= 0.6 is 0 Å². The number of rotatable bonds is 4. The smallest absolute Gasteiger partial charge is 0.354 e. The van der Waals surface area contributed by atoms with Gasteiger partial charge in [0, 0.05) is 33.0 Å². The molecule has 0 atom stereocenters. The number of aryl methyl sites for hydroxylation is 1. The van der Waals surface area contributed by atoms with Gasteiger partial charge in [-0.15, -0.1) is 0 Å². The van der Waals surface area contributed by atoms with Crippen molar-refractivity contribution < 1.29 is 19.1 Å². The van der Waals surface area contributed by atoms with E-state index in [1.807, 2.05) is 0 Å². The summed E-state index contributed by atoms with van der Waals surface area (Å²) in [6, 6.07) is 1.59. The van der Waals surface area contributed by atoms with E-state index in [0.717, 1.165) is 0 Å². The Balaban J connectivity index is 2.13. The van der Waals surface area contributed by atoms with Crippen molar-refractivity contribution in [1.29, 1.82) is 0 Å². The number of nitrogens with two attached hydrogens (primary N) is 1. The molecule has 1 aliphatic rings. The summed E-state index contributed by atoms with van der Waals surface area (Å²) in [5.74, 6) is -0.576. The van der Waals surface area contributed by atoms with Gasteiger partial charge in [0.15, 0.2) is 0 Å². The SMILES string of the molecule is COC(=O)c1cc(NC(=O)C2(CN)CCOCC2)cn1C. The Morgan fingerprint density at radius 3 is 2.71 bits per heavy atom. The molecular formula is C14H21N3O4. The fraction of sp³-hybridized carbons (Fsp3) is 0.571. The van der Waals surface area contributed by atoms with Crippen LogP contribution in [-0.4, -0.2) is 43.3 Å². The van der Waals surface area contributed by atoms with Gasteiger partial charge in [-0.3, -0.25) is 4.79 Å². The number of amides is 1. The van der Waals surface area contributed by atoms with Crippen LogP contribution in [0.4, 0.5) is 5.69 Å². The highest BCUT2D eigenvalue weighted by molar-refractivity contribution is 5.97. The molecule has 3 N–H and O–H groups in total. The van der Waals surface area contributed by atoms with Crippen LogP contribution in [0.3, 0.4) is 0 Å². The largest absolute Gasteiger partial charge is 0.464 e. The van der Waals surface area contributed by atoms with Crippen molar-refractivity contribution in [3.63, 3.8) is 0 Å². The van der Waals surface area contributed by atoms with Gasteiger partial charge in [-0.05, 0) is 18.9 Å². The predicted octanol–water partition coefficient (Wildman–Crippen LogP) is 0.506. The molecule has 21 heavy (non-hydrogen) atoms. The maximum Gasteiger partial charge on any atom is 0.354 e. The molecule has 1 saturated heterocycles. The summed E-state index contributed by atoms with van der Waals surface area (Å²) in [5, 5.41) is 2.84. The van der Waals surface area contributed by atoms with E-state index in [0.29, 0.717) is 37.4 Å². The lowest BCUT2D eigenvalue weighted by Gasteiger charge is -2.34. The molecular weight excluding hydrogens is 274 g/mol. The van der Waals surface area contributed by atoms with Crippen LogP contribution in [0, 0.1) is 5.41 Å². The minimum Gasteiger partial charge on any atom is -0.464 e. The van der Waals surface area contributed by atoms with E-state index in [2.05, 4.69) is 10.1 Å². The number of carbonyl (C=O) groups excluding carboxylic acids is 2. The summed E-state index contributed by atoms with van der Waals surface area (Å²) in [4.78, 5) is 24.1. The zero-order valence-corrected chi connectivity index (χ0v) is 12.3. The number of ether oxygens (including phenoxy) is 2. The summed E-state index contributed by atoms with van der Waals surface area (Å²) >= 11 is 0. The van der Waals surface area contributed by atoms with Crippen LogP contribution in [0.25, 0.3) is 0 Å². The first kappa shape index (κ1) is 15.5. The van der Waals surface area contributed by atoms with Gasteiger partial charge in [-0.2, -0.15) is 0 Å². The average molecular weight is 295 g/mol. The van der Waals surface area contributed by atoms with Crippen molar-refractivity contribution in [3.05, 3.63) is 18.0 Å². The van der Waals surface area contributed by atoms with E-state index in [-0.39, 0.29) is 12.5 Å². The number of hydrogen-bond donors (Lipinski definition) is 2. The highest BCUT2D eigenvalue weighted by Crippen LogP contribution is 2.31. The Hall–Kier alpha value is -1.86. The summed E-state index contributed by atoms with van der Waals surface area (Å²) < 4.78 is 11.6. The van der Waals surface area contributed by atoms with E-state index in [1.165, 1.54) is 7.11 Å². The van der Waals surface area contributed by atoms with Gasteiger partial charge in [0.25, 0.3) is 0 Å². The Bertz CT molecular complexity index is 532. The average Bonchev–Trinajstić information content (AvgIpc) is 2.87. The summed E-state index contributed by atoms with van der Waals surface area (Å²) in [6.45, 7) is 1.35. The molecule has 7 nitrogen and oxygen atoms in total. The van der Waals surface area contributed by atoms with Crippen LogP contribution in [0.2, 0.25) is 0 Å². The third-order valence-electron chi connectivity index (χ3n) is 3.98. The molecule has 0 aliphatic carbocycles. The van der Waals surface area contributed by atoms with Crippen LogP contribution in [0.5, 0.6) is 0 Å². The first-order valence-electron chi connectivity index (χ1n) is 6.86. The van der Waals surface area contributed by atoms with Crippen molar-refractivity contribution in [3.8, 4) is 0 Å². The first-order chi connectivity index (χ1) is 10.0. The molecule has 1 fully saturated rings. The second kappa shape index (κ2) is 6.28. The molecule has 0 unspecified atom stereocenters. The Morgan fingerprint density at radius 2 is 2.14 bits per heavy atom. The van der Waals surface area contributed by atoms with Crippen molar-refractivity contribution >= 4 is 17.6 Å². The molecule has 1 amide bonds. The maximum absolute atomic E-state index is 12.5. The van der Waals surface area contributed by atoms with Gasteiger partial charge in [-0.1, -0.05) is 0 Å². The van der Waals surface area contributed by atoms with Crippen LogP contribution < -0.4 is 11.1 Å². The van der Waals surface area contributed by atoms with Gasteiger partial charge in [0.2, 0.25) is 5.91 Å². The molecule has 116 valence electrons. The fourth-order valence-corrected chi connectivity index (χ4v) is 2.49. The zero-order chi connectivity index (χ0) is 15.5. The lowest BCUT2D eigenvalue weighted by Crippen LogP contribution is -2.46. The Kier molecular flexibility index (Phi) is 4.64. The van der Waals surface area contributed by atoms with Gasteiger partial charge >= 0.3 is 5.97 Å². The number of hydrogen-bond acceptors (Lipinski definition) is 5. The van der Waals surface area contributed by atoms with E-state index >= 15 is 0 Å². The van der Waals surface area contributed by atoms with Gasteiger partial charge in [-0.25, -0.2) is 4.79 Å². The molecule has 1 aromatic heterocycles. The van der Waals surface area contributed by atoms with Crippen LogP contribution in [0.1, 0.15) is 23.3 Å². The fourth-order valence-electron chi connectivity index (χ4n) is 2.49. The second-order valence-corrected chi connectivity index (χ2v) is 5.27. The lowest BCUT2D eigenvalue weighted by molar-refractivity contribution is -0.130. The highest BCUT2D eigenvalue weighted by atomic mass is 16.5. The minimum atomic E-state index is -0.598. The van der Waals surface area contributed by atoms with Crippen LogP contribution in [-0.2, 0) is 21.3 Å². The molecule has 2 heterocycles. The number of nitrogens with one attached hydrogen (secondary N) is 1. The predicted molar refractivity (Wildman–Crippen MR) is 76.9 cm³/mol. The van der Waals surface area contributed by atoms with E-state index in [9.17, 15) is 9.59 Å². The lowest BCUT2D eigenvalue weighted by atomic mass is 9.79. The number of carbonyl (C=O) groups is 2. The quantitative estimate of drug-likeness (QED) is 0.789. The first-order valence-corrected chi connectivity index (χ1v) is 6.86. The number of anilines is 1. The van der Waals surface area contributed by atoms with Crippen LogP contribution in [0.15, 0.2) is 12.3 Å². The van der Waals surface area contributed by atoms with E-state index in [1.54, 1.807) is 23.9 Å². The molecule has 0 aromatic carbocycles. The minimum absolute atomic E-state index is 0.129. The molecule has 7 heteroatoms. The molecule has 0 bridgehead atoms.